The minimum atomic E-state index is -0.501. The minimum absolute atomic E-state index is 0.0371. The van der Waals surface area contributed by atoms with Gasteiger partial charge in [-0.05, 0) is 64.8 Å². The van der Waals surface area contributed by atoms with E-state index in [1.165, 1.54) is 11.3 Å². The summed E-state index contributed by atoms with van der Waals surface area (Å²) < 4.78 is 8.45. The molecule has 11 heteroatoms. The molecule has 1 aromatic carbocycles. The second-order valence-electron chi connectivity index (χ2n) is 11.0. The molecule has 2 N–H and O–H groups in total. The summed E-state index contributed by atoms with van der Waals surface area (Å²) in [5.41, 5.74) is 2.68. The number of hydrogen-bond acceptors (Lipinski definition) is 8. The van der Waals surface area contributed by atoms with Crippen LogP contribution in [-0.2, 0) is 4.74 Å². The highest BCUT2D eigenvalue weighted by Gasteiger charge is 2.29. The first kappa shape index (κ1) is 24.6. The number of fused-ring (bicyclic) bond motifs is 5. The number of thiophene rings is 1. The van der Waals surface area contributed by atoms with E-state index in [2.05, 4.69) is 27.0 Å². The molecule has 3 aromatic heterocycles. The van der Waals surface area contributed by atoms with E-state index in [0.29, 0.717) is 30.2 Å². The lowest BCUT2D eigenvalue weighted by Crippen LogP contribution is -2.42. The number of piperidine rings is 1. The number of pyridine rings is 1. The Balaban J connectivity index is 1.23. The first-order valence-corrected chi connectivity index (χ1v) is 13.8. The zero-order valence-electron chi connectivity index (χ0n) is 21.9. The van der Waals surface area contributed by atoms with Gasteiger partial charge in [-0.1, -0.05) is 5.21 Å². The summed E-state index contributed by atoms with van der Waals surface area (Å²) in [7, 11) is 0. The van der Waals surface area contributed by atoms with Crippen molar-refractivity contribution in [3.05, 3.63) is 35.3 Å². The second kappa shape index (κ2) is 9.23. The van der Waals surface area contributed by atoms with Crippen LogP contribution in [-0.4, -0.2) is 68.2 Å². The molecule has 198 valence electrons. The fourth-order valence-corrected chi connectivity index (χ4v) is 6.18. The number of rotatable bonds is 2. The van der Waals surface area contributed by atoms with Crippen LogP contribution < -0.4 is 10.6 Å². The maximum absolute atomic E-state index is 12.7. The van der Waals surface area contributed by atoms with Gasteiger partial charge in [-0.2, -0.15) is 0 Å². The molecule has 0 aliphatic carbocycles. The normalized spacial score (nSPS) is 18.7. The van der Waals surface area contributed by atoms with E-state index < -0.39 is 5.60 Å². The Kier molecular flexibility index (Phi) is 5.97. The van der Waals surface area contributed by atoms with Crippen LogP contribution in [0.4, 0.5) is 10.5 Å². The smallest absolute Gasteiger partial charge is 0.410 e. The molecule has 38 heavy (non-hydrogen) atoms. The Labute approximate surface area is 224 Å². The fourth-order valence-electron chi connectivity index (χ4n) is 5.08. The van der Waals surface area contributed by atoms with Crippen molar-refractivity contribution < 1.29 is 14.3 Å². The number of hydrogen-bond donors (Lipinski definition) is 2. The van der Waals surface area contributed by atoms with Crippen LogP contribution in [0.3, 0.4) is 0 Å². The largest absolute Gasteiger partial charge is 0.444 e. The average molecular weight is 534 g/mol. The highest BCUT2D eigenvalue weighted by molar-refractivity contribution is 7.21. The van der Waals surface area contributed by atoms with Crippen molar-refractivity contribution in [1.29, 1.82) is 0 Å². The molecule has 0 saturated carbocycles. The standard InChI is InChI=1S/C27H31N7O3S/c1-15-13-28-23-22-17-5-6-19(30-18(17)7-8-21(22)38-24(23)25(35)29-15)20-14-34(32-31-20)16-9-11-33(12-10-16)26(36)37-27(2,3)4/h5-8,14-16,28H,9-13H2,1-4H3,(H,29,35)/t15-/m1/s1. The van der Waals surface area contributed by atoms with Gasteiger partial charge in [0.1, 0.15) is 16.2 Å². The topological polar surface area (TPSA) is 114 Å². The number of carbonyl (C=O) groups is 2. The lowest BCUT2D eigenvalue weighted by atomic mass is 10.1. The van der Waals surface area contributed by atoms with Gasteiger partial charge in [-0.15, -0.1) is 16.4 Å². The number of likely N-dealkylation sites (tertiary alicyclic amines) is 1. The molecule has 1 atom stereocenters. The van der Waals surface area contributed by atoms with Gasteiger partial charge in [0, 0.05) is 41.1 Å². The van der Waals surface area contributed by atoms with Crippen LogP contribution in [0.2, 0.25) is 0 Å². The zero-order valence-corrected chi connectivity index (χ0v) is 22.8. The predicted molar refractivity (Wildman–Crippen MR) is 148 cm³/mol. The monoisotopic (exact) mass is 533 g/mol. The summed E-state index contributed by atoms with van der Waals surface area (Å²) in [6.07, 6.45) is 3.24. The number of aromatic nitrogens is 4. The van der Waals surface area contributed by atoms with Crippen molar-refractivity contribution in [2.45, 2.75) is 58.2 Å². The molecule has 1 saturated heterocycles. The van der Waals surface area contributed by atoms with Crippen LogP contribution in [0.5, 0.6) is 0 Å². The first-order valence-electron chi connectivity index (χ1n) is 13.0. The third kappa shape index (κ3) is 4.55. The van der Waals surface area contributed by atoms with Crippen LogP contribution in [0.25, 0.3) is 32.4 Å². The Morgan fingerprint density at radius 1 is 1.13 bits per heavy atom. The van der Waals surface area contributed by atoms with Gasteiger partial charge in [0.15, 0.2) is 0 Å². The van der Waals surface area contributed by atoms with E-state index in [0.717, 1.165) is 45.2 Å². The number of nitrogens with zero attached hydrogens (tertiary/aromatic N) is 5. The van der Waals surface area contributed by atoms with Gasteiger partial charge in [0.2, 0.25) is 0 Å². The molecule has 0 unspecified atom stereocenters. The van der Waals surface area contributed by atoms with Crippen molar-refractivity contribution in [3.63, 3.8) is 0 Å². The molecule has 4 aromatic rings. The van der Waals surface area contributed by atoms with Gasteiger partial charge < -0.3 is 20.3 Å². The predicted octanol–water partition coefficient (Wildman–Crippen LogP) is 4.82. The van der Waals surface area contributed by atoms with Gasteiger partial charge in [-0.25, -0.2) is 14.5 Å². The van der Waals surface area contributed by atoms with Gasteiger partial charge >= 0.3 is 6.09 Å². The van der Waals surface area contributed by atoms with Crippen LogP contribution in [0.1, 0.15) is 56.3 Å². The first-order chi connectivity index (χ1) is 18.2. The third-order valence-electron chi connectivity index (χ3n) is 6.95. The quantitative estimate of drug-likeness (QED) is 0.380. The van der Waals surface area contributed by atoms with Gasteiger partial charge in [0.25, 0.3) is 5.91 Å². The van der Waals surface area contributed by atoms with Crippen LogP contribution in [0, 0.1) is 0 Å². The molecular formula is C27H31N7O3S. The SMILES string of the molecule is C[C@@H]1CNc2c(sc3ccc4nc(-c5cn(C6CCN(C(=O)OC(C)(C)C)CC6)nn5)ccc4c23)C(=O)N1. The third-order valence-corrected chi connectivity index (χ3v) is 8.11. The van der Waals surface area contributed by atoms with Crippen molar-refractivity contribution in [2.75, 3.05) is 25.0 Å². The van der Waals surface area contributed by atoms with Gasteiger partial charge in [-0.3, -0.25) is 4.79 Å². The molecule has 0 radical (unpaired) electrons. The molecular weight excluding hydrogens is 502 g/mol. The molecule has 5 heterocycles. The molecule has 6 rings (SSSR count). The van der Waals surface area contributed by atoms with Crippen LogP contribution in [0.15, 0.2) is 30.5 Å². The minimum Gasteiger partial charge on any atom is -0.444 e. The Bertz CT molecular complexity index is 1550. The Morgan fingerprint density at radius 3 is 2.68 bits per heavy atom. The molecule has 2 amide bonds. The van der Waals surface area contributed by atoms with Crippen molar-refractivity contribution in [1.82, 2.24) is 30.2 Å². The van der Waals surface area contributed by atoms with E-state index >= 15 is 0 Å². The summed E-state index contributed by atoms with van der Waals surface area (Å²) in [6, 6.07) is 8.26. The summed E-state index contributed by atoms with van der Waals surface area (Å²) in [5, 5.41) is 17.3. The number of carbonyl (C=O) groups excluding carboxylic acids is 2. The number of ether oxygens (including phenoxy) is 1. The molecule has 0 bridgehead atoms. The average Bonchev–Trinajstić information content (AvgIpc) is 3.49. The summed E-state index contributed by atoms with van der Waals surface area (Å²) in [4.78, 5) is 32.5. The summed E-state index contributed by atoms with van der Waals surface area (Å²) >= 11 is 1.50. The molecule has 0 spiro atoms. The summed E-state index contributed by atoms with van der Waals surface area (Å²) in [6.45, 7) is 9.54. The van der Waals surface area contributed by atoms with Crippen molar-refractivity contribution in [3.8, 4) is 11.4 Å². The molecule has 10 nitrogen and oxygen atoms in total. The summed E-state index contributed by atoms with van der Waals surface area (Å²) in [5.74, 6) is -0.0371. The molecule has 2 aliphatic rings. The van der Waals surface area contributed by atoms with E-state index in [1.807, 2.05) is 56.8 Å². The second-order valence-corrected chi connectivity index (χ2v) is 12.1. The van der Waals surface area contributed by atoms with E-state index in [9.17, 15) is 9.59 Å². The van der Waals surface area contributed by atoms with E-state index in [-0.39, 0.29) is 24.1 Å². The highest BCUT2D eigenvalue weighted by atomic mass is 32.1. The number of amides is 2. The number of anilines is 1. The van der Waals surface area contributed by atoms with Crippen molar-refractivity contribution in [2.24, 2.45) is 0 Å². The molecule has 2 aliphatic heterocycles. The zero-order chi connectivity index (χ0) is 26.6. The lowest BCUT2D eigenvalue weighted by molar-refractivity contribution is 0.0184. The van der Waals surface area contributed by atoms with Gasteiger partial charge in [0.05, 0.1) is 29.1 Å². The maximum atomic E-state index is 12.7. The number of nitrogens with one attached hydrogen (secondary N) is 2. The maximum Gasteiger partial charge on any atom is 0.410 e. The van der Waals surface area contributed by atoms with Crippen LogP contribution >= 0.6 is 11.3 Å². The molecule has 1 fully saturated rings. The van der Waals surface area contributed by atoms with Crippen molar-refractivity contribution >= 4 is 50.0 Å². The number of benzene rings is 1. The van der Waals surface area contributed by atoms with E-state index in [1.54, 1.807) is 4.90 Å². The van der Waals surface area contributed by atoms with E-state index in [4.69, 9.17) is 9.72 Å². The Morgan fingerprint density at radius 2 is 1.92 bits per heavy atom. The highest BCUT2D eigenvalue weighted by Crippen LogP contribution is 2.41. The fraction of sp³-hybridized carbons (Fsp3) is 0.444. The lowest BCUT2D eigenvalue weighted by Gasteiger charge is -2.33. The Hall–Kier alpha value is -3.73.